The zero-order valence-electron chi connectivity index (χ0n) is 9.58. The third-order valence-electron chi connectivity index (χ3n) is 2.23. The maximum atomic E-state index is 11.7. The molecule has 0 aliphatic heterocycles. The summed E-state index contributed by atoms with van der Waals surface area (Å²) >= 11 is 0.998. The van der Waals surface area contributed by atoms with E-state index in [2.05, 4.69) is 10.2 Å². The van der Waals surface area contributed by atoms with Crippen LogP contribution in [0.2, 0.25) is 0 Å². The molecule has 1 aromatic heterocycles. The number of rotatable bonds is 4. The van der Waals surface area contributed by atoms with Gasteiger partial charge in [-0.25, -0.2) is 14.5 Å². The normalized spacial score (nSPS) is 10.5. The van der Waals surface area contributed by atoms with E-state index in [4.69, 9.17) is 5.11 Å². The molecule has 18 heavy (non-hydrogen) atoms. The van der Waals surface area contributed by atoms with Gasteiger partial charge in [0, 0.05) is 0 Å². The molecule has 6 nitrogen and oxygen atoms in total. The molecule has 0 fully saturated rings. The van der Waals surface area contributed by atoms with Crippen LogP contribution in [0.15, 0.2) is 34.2 Å². The van der Waals surface area contributed by atoms with Gasteiger partial charge in [-0.15, -0.1) is 5.10 Å². The van der Waals surface area contributed by atoms with Gasteiger partial charge in [-0.2, -0.15) is 0 Å². The minimum absolute atomic E-state index is 0.143. The molecule has 0 radical (unpaired) electrons. The first-order valence-electron chi connectivity index (χ1n) is 5.17. The van der Waals surface area contributed by atoms with Gasteiger partial charge in [-0.05, 0) is 24.6 Å². The second-order valence-electron chi connectivity index (χ2n) is 3.67. The molecule has 0 bridgehead atoms. The molecule has 0 saturated heterocycles. The summed E-state index contributed by atoms with van der Waals surface area (Å²) < 4.78 is 1.36. The summed E-state index contributed by atoms with van der Waals surface area (Å²) in [4.78, 5) is 22.2. The number of thioether (sulfide) groups is 1. The summed E-state index contributed by atoms with van der Waals surface area (Å²) in [5, 5.41) is 15.1. The minimum Gasteiger partial charge on any atom is -0.481 e. The fourth-order valence-corrected chi connectivity index (χ4v) is 2.18. The lowest BCUT2D eigenvalue weighted by Gasteiger charge is -2.05. The molecular weight excluding hydrogens is 254 g/mol. The van der Waals surface area contributed by atoms with Crippen LogP contribution in [0.5, 0.6) is 0 Å². The van der Waals surface area contributed by atoms with E-state index in [0.29, 0.717) is 10.8 Å². The van der Waals surface area contributed by atoms with Gasteiger partial charge in [0.05, 0.1) is 11.4 Å². The lowest BCUT2D eigenvalue weighted by molar-refractivity contribution is -0.133. The highest BCUT2D eigenvalue weighted by atomic mass is 32.2. The molecule has 0 aliphatic rings. The van der Waals surface area contributed by atoms with Crippen molar-refractivity contribution in [2.45, 2.75) is 12.1 Å². The quantitative estimate of drug-likeness (QED) is 0.807. The monoisotopic (exact) mass is 265 g/mol. The Morgan fingerprint density at radius 1 is 1.56 bits per heavy atom. The number of carbonyl (C=O) groups is 1. The van der Waals surface area contributed by atoms with Crippen LogP contribution >= 0.6 is 11.8 Å². The third kappa shape index (κ3) is 2.62. The lowest BCUT2D eigenvalue weighted by Crippen LogP contribution is -2.16. The highest BCUT2D eigenvalue weighted by Gasteiger charge is 2.12. The van der Waals surface area contributed by atoms with Gasteiger partial charge in [-0.1, -0.05) is 23.9 Å². The van der Waals surface area contributed by atoms with Gasteiger partial charge >= 0.3 is 11.7 Å². The maximum Gasteiger partial charge on any atom is 0.348 e. The van der Waals surface area contributed by atoms with Gasteiger partial charge in [-0.3, -0.25) is 4.79 Å². The number of hydrogen-bond acceptors (Lipinski definition) is 4. The highest BCUT2D eigenvalue weighted by molar-refractivity contribution is 7.99. The summed E-state index contributed by atoms with van der Waals surface area (Å²) in [6.07, 6.45) is 0. The number of aromatic amines is 1. The number of nitrogens with one attached hydrogen (secondary N) is 1. The summed E-state index contributed by atoms with van der Waals surface area (Å²) in [5.74, 6) is -1.10. The standard InChI is InChI=1S/C11H11N3O3S/c1-7-3-2-4-8(5-7)14-10(17)12-13-11(14)18-6-9(15)16/h2-5H,6H2,1H3,(H,12,17)(H,15,16). The van der Waals surface area contributed by atoms with Crippen molar-refractivity contribution in [1.82, 2.24) is 14.8 Å². The number of carboxylic acid groups (broad SMARTS) is 1. The van der Waals surface area contributed by atoms with E-state index in [-0.39, 0.29) is 11.4 Å². The zero-order chi connectivity index (χ0) is 13.1. The third-order valence-corrected chi connectivity index (χ3v) is 3.15. The first-order chi connectivity index (χ1) is 8.58. The van der Waals surface area contributed by atoms with Crippen LogP contribution in [0.1, 0.15) is 5.56 Å². The molecule has 94 valence electrons. The van der Waals surface area contributed by atoms with Crippen molar-refractivity contribution in [3.05, 3.63) is 40.3 Å². The Kier molecular flexibility index (Phi) is 3.52. The Labute approximate surface area is 107 Å². The average molecular weight is 265 g/mol. The van der Waals surface area contributed by atoms with E-state index in [0.717, 1.165) is 17.3 Å². The van der Waals surface area contributed by atoms with Crippen LogP contribution in [0, 0.1) is 6.92 Å². The molecule has 2 N–H and O–H groups in total. The molecule has 0 atom stereocenters. The molecule has 0 aliphatic carbocycles. The van der Waals surface area contributed by atoms with Crippen molar-refractivity contribution in [1.29, 1.82) is 0 Å². The minimum atomic E-state index is -0.953. The first kappa shape index (κ1) is 12.4. The van der Waals surface area contributed by atoms with Crippen molar-refractivity contribution < 1.29 is 9.90 Å². The molecule has 7 heteroatoms. The predicted molar refractivity (Wildman–Crippen MR) is 67.3 cm³/mol. The van der Waals surface area contributed by atoms with Gasteiger partial charge in [0.2, 0.25) is 0 Å². The van der Waals surface area contributed by atoms with E-state index in [1.54, 1.807) is 6.07 Å². The molecule has 0 unspecified atom stereocenters. The largest absolute Gasteiger partial charge is 0.481 e. The number of carboxylic acids is 1. The molecular formula is C11H11N3O3S. The number of H-pyrrole nitrogens is 1. The second-order valence-corrected chi connectivity index (χ2v) is 4.61. The van der Waals surface area contributed by atoms with E-state index in [1.165, 1.54) is 4.57 Å². The number of aryl methyl sites for hydroxylation is 1. The Bertz CT molecular complexity index is 632. The molecule has 1 heterocycles. The van der Waals surface area contributed by atoms with Crippen LogP contribution in [0.25, 0.3) is 5.69 Å². The van der Waals surface area contributed by atoms with Gasteiger partial charge < -0.3 is 5.11 Å². The van der Waals surface area contributed by atoms with E-state index >= 15 is 0 Å². The van der Waals surface area contributed by atoms with Crippen molar-refractivity contribution >= 4 is 17.7 Å². The number of aromatic nitrogens is 3. The van der Waals surface area contributed by atoms with E-state index < -0.39 is 5.97 Å². The molecule has 0 spiro atoms. The van der Waals surface area contributed by atoms with Crippen molar-refractivity contribution in [2.24, 2.45) is 0 Å². The van der Waals surface area contributed by atoms with Crippen molar-refractivity contribution in [2.75, 3.05) is 5.75 Å². The summed E-state index contributed by atoms with van der Waals surface area (Å²) in [6, 6.07) is 7.35. The first-order valence-corrected chi connectivity index (χ1v) is 6.15. The van der Waals surface area contributed by atoms with E-state index in [1.807, 2.05) is 25.1 Å². The van der Waals surface area contributed by atoms with Crippen LogP contribution in [0.3, 0.4) is 0 Å². The summed E-state index contributed by atoms with van der Waals surface area (Å²) in [7, 11) is 0. The van der Waals surface area contributed by atoms with E-state index in [9.17, 15) is 9.59 Å². The Morgan fingerprint density at radius 2 is 2.33 bits per heavy atom. The Balaban J connectivity index is 2.40. The zero-order valence-corrected chi connectivity index (χ0v) is 10.4. The number of benzene rings is 1. The predicted octanol–water partition coefficient (Wildman–Crippen LogP) is 1.05. The average Bonchev–Trinajstić information content (AvgIpc) is 2.68. The maximum absolute atomic E-state index is 11.7. The molecule has 0 saturated carbocycles. The summed E-state index contributed by atoms with van der Waals surface area (Å²) in [6.45, 7) is 1.92. The van der Waals surface area contributed by atoms with Crippen molar-refractivity contribution in [3.63, 3.8) is 0 Å². The SMILES string of the molecule is Cc1cccc(-n2c(SCC(=O)O)n[nH]c2=O)c1. The molecule has 2 rings (SSSR count). The number of hydrogen-bond donors (Lipinski definition) is 2. The van der Waals surface area contributed by atoms with Crippen molar-refractivity contribution in [3.8, 4) is 5.69 Å². The smallest absolute Gasteiger partial charge is 0.348 e. The van der Waals surface area contributed by atoms with Gasteiger partial charge in [0.15, 0.2) is 5.16 Å². The fourth-order valence-electron chi connectivity index (χ4n) is 1.50. The van der Waals surface area contributed by atoms with Crippen LogP contribution in [-0.2, 0) is 4.79 Å². The number of nitrogens with zero attached hydrogens (tertiary/aromatic N) is 2. The highest BCUT2D eigenvalue weighted by Crippen LogP contribution is 2.17. The van der Waals surface area contributed by atoms with Gasteiger partial charge in [0.1, 0.15) is 0 Å². The van der Waals surface area contributed by atoms with Crippen LogP contribution in [-0.4, -0.2) is 31.6 Å². The van der Waals surface area contributed by atoms with Gasteiger partial charge in [0.25, 0.3) is 0 Å². The Hall–Kier alpha value is -2.02. The van der Waals surface area contributed by atoms with Crippen LogP contribution < -0.4 is 5.69 Å². The number of aliphatic carboxylic acids is 1. The lowest BCUT2D eigenvalue weighted by atomic mass is 10.2. The molecule has 2 aromatic rings. The Morgan fingerprint density at radius 3 is 3.00 bits per heavy atom. The molecule has 0 amide bonds. The van der Waals surface area contributed by atoms with Crippen LogP contribution in [0.4, 0.5) is 0 Å². The topological polar surface area (TPSA) is 88.0 Å². The fraction of sp³-hybridized carbons (Fsp3) is 0.182. The molecule has 1 aromatic carbocycles. The second kappa shape index (κ2) is 5.09. The summed E-state index contributed by atoms with van der Waals surface area (Å²) in [5.41, 5.74) is 1.30.